The van der Waals surface area contributed by atoms with Gasteiger partial charge >= 0.3 is 0 Å². The zero-order valence-electron chi connectivity index (χ0n) is 11.3. The third kappa shape index (κ3) is 2.88. The third-order valence-electron chi connectivity index (χ3n) is 3.38. The number of nitrogens with two attached hydrogens (primary N) is 1. The molecule has 2 N–H and O–H groups in total. The van der Waals surface area contributed by atoms with Crippen LogP contribution < -0.4 is 5.73 Å². The van der Waals surface area contributed by atoms with E-state index in [0.29, 0.717) is 11.1 Å². The minimum Gasteiger partial charge on any atom is -0.320 e. The van der Waals surface area contributed by atoms with E-state index in [9.17, 15) is 4.39 Å². The summed E-state index contributed by atoms with van der Waals surface area (Å²) in [7, 11) is 0. The SMILES string of the molecule is Cc1cc(Br)ccc1C(N)c1cc(C)c(F)c(C)c1. The van der Waals surface area contributed by atoms with Crippen molar-refractivity contribution < 1.29 is 4.39 Å². The second-order valence-electron chi connectivity index (χ2n) is 4.95. The largest absolute Gasteiger partial charge is 0.320 e. The number of rotatable bonds is 2. The van der Waals surface area contributed by atoms with Gasteiger partial charge in [0.15, 0.2) is 0 Å². The van der Waals surface area contributed by atoms with Gasteiger partial charge in [0.25, 0.3) is 0 Å². The van der Waals surface area contributed by atoms with Gasteiger partial charge in [0.1, 0.15) is 5.82 Å². The fourth-order valence-corrected chi connectivity index (χ4v) is 2.80. The molecule has 0 aliphatic rings. The third-order valence-corrected chi connectivity index (χ3v) is 3.88. The molecule has 0 aromatic heterocycles. The Morgan fingerprint density at radius 3 is 2.11 bits per heavy atom. The standard InChI is InChI=1S/C16H17BrFN/c1-9-8-13(17)4-5-14(9)16(19)12-6-10(2)15(18)11(3)7-12/h4-8,16H,19H2,1-3H3. The Kier molecular flexibility index (Phi) is 4.07. The van der Waals surface area contributed by atoms with Crippen molar-refractivity contribution in [1.82, 2.24) is 0 Å². The molecule has 0 saturated heterocycles. The van der Waals surface area contributed by atoms with E-state index >= 15 is 0 Å². The summed E-state index contributed by atoms with van der Waals surface area (Å²) >= 11 is 3.44. The first kappa shape index (κ1) is 14.2. The van der Waals surface area contributed by atoms with E-state index in [1.807, 2.05) is 37.3 Å². The van der Waals surface area contributed by atoms with Crippen LogP contribution in [0.4, 0.5) is 4.39 Å². The summed E-state index contributed by atoms with van der Waals surface area (Å²) in [6, 6.07) is 9.45. The molecule has 0 saturated carbocycles. The van der Waals surface area contributed by atoms with Gasteiger partial charge < -0.3 is 5.73 Å². The Balaban J connectivity index is 2.47. The van der Waals surface area contributed by atoms with Gasteiger partial charge in [-0.3, -0.25) is 0 Å². The van der Waals surface area contributed by atoms with Gasteiger partial charge in [0.05, 0.1) is 6.04 Å². The van der Waals surface area contributed by atoms with Crippen LogP contribution in [-0.2, 0) is 0 Å². The van der Waals surface area contributed by atoms with Crippen molar-refractivity contribution in [3.63, 3.8) is 0 Å². The highest BCUT2D eigenvalue weighted by Crippen LogP contribution is 2.27. The summed E-state index contributed by atoms with van der Waals surface area (Å²) in [4.78, 5) is 0. The zero-order valence-corrected chi connectivity index (χ0v) is 12.9. The number of benzene rings is 2. The van der Waals surface area contributed by atoms with Crippen molar-refractivity contribution >= 4 is 15.9 Å². The molecule has 2 rings (SSSR count). The molecule has 0 aliphatic heterocycles. The number of hydrogen-bond acceptors (Lipinski definition) is 1. The van der Waals surface area contributed by atoms with Crippen LogP contribution in [0.3, 0.4) is 0 Å². The summed E-state index contributed by atoms with van der Waals surface area (Å²) < 4.78 is 14.7. The highest BCUT2D eigenvalue weighted by molar-refractivity contribution is 9.10. The van der Waals surface area contributed by atoms with Gasteiger partial charge in [-0.1, -0.05) is 34.1 Å². The first-order chi connectivity index (χ1) is 8.90. The number of aryl methyl sites for hydroxylation is 3. The minimum absolute atomic E-state index is 0.150. The molecule has 0 bridgehead atoms. The van der Waals surface area contributed by atoms with Crippen molar-refractivity contribution in [3.8, 4) is 0 Å². The maximum Gasteiger partial charge on any atom is 0.129 e. The fraction of sp³-hybridized carbons (Fsp3) is 0.250. The van der Waals surface area contributed by atoms with Gasteiger partial charge in [-0.25, -0.2) is 4.39 Å². The van der Waals surface area contributed by atoms with Gasteiger partial charge in [0.2, 0.25) is 0 Å². The molecule has 1 nitrogen and oxygen atoms in total. The lowest BCUT2D eigenvalue weighted by atomic mass is 9.93. The van der Waals surface area contributed by atoms with Crippen LogP contribution in [-0.4, -0.2) is 0 Å². The quantitative estimate of drug-likeness (QED) is 0.862. The maximum atomic E-state index is 13.7. The van der Waals surface area contributed by atoms with Gasteiger partial charge in [0, 0.05) is 4.47 Å². The van der Waals surface area contributed by atoms with Crippen LogP contribution in [0, 0.1) is 26.6 Å². The molecule has 2 aromatic carbocycles. The second kappa shape index (κ2) is 5.43. The average Bonchev–Trinajstić information content (AvgIpc) is 2.34. The van der Waals surface area contributed by atoms with Gasteiger partial charge in [-0.2, -0.15) is 0 Å². The summed E-state index contributed by atoms with van der Waals surface area (Å²) in [5.41, 5.74) is 10.7. The lowest BCUT2D eigenvalue weighted by Gasteiger charge is -2.17. The van der Waals surface area contributed by atoms with E-state index in [-0.39, 0.29) is 11.9 Å². The minimum atomic E-state index is -0.230. The molecule has 0 radical (unpaired) electrons. The molecule has 0 fully saturated rings. The van der Waals surface area contributed by atoms with E-state index in [2.05, 4.69) is 15.9 Å². The monoisotopic (exact) mass is 321 g/mol. The lowest BCUT2D eigenvalue weighted by Crippen LogP contribution is -2.14. The smallest absolute Gasteiger partial charge is 0.129 e. The topological polar surface area (TPSA) is 26.0 Å². The summed E-state index contributed by atoms with van der Waals surface area (Å²) in [6.45, 7) is 5.57. The highest BCUT2D eigenvalue weighted by Gasteiger charge is 2.14. The Morgan fingerprint density at radius 2 is 1.58 bits per heavy atom. The molecular formula is C16H17BrFN. The summed E-state index contributed by atoms with van der Waals surface area (Å²) in [6.07, 6.45) is 0. The van der Waals surface area contributed by atoms with Crippen LogP contribution in [0.5, 0.6) is 0 Å². The van der Waals surface area contributed by atoms with Crippen LogP contribution in [0.2, 0.25) is 0 Å². The van der Waals surface area contributed by atoms with Crippen molar-refractivity contribution in [2.45, 2.75) is 26.8 Å². The molecule has 0 spiro atoms. The molecular weight excluding hydrogens is 305 g/mol. The molecule has 0 heterocycles. The maximum absolute atomic E-state index is 13.7. The summed E-state index contributed by atoms with van der Waals surface area (Å²) in [5, 5.41) is 0. The second-order valence-corrected chi connectivity index (χ2v) is 5.86. The molecule has 1 unspecified atom stereocenters. The predicted octanol–water partition coefficient (Wildman–Crippen LogP) is 4.56. The Bertz CT molecular complexity index is 599. The number of halogens is 2. The molecule has 100 valence electrons. The first-order valence-electron chi connectivity index (χ1n) is 6.18. The van der Waals surface area contributed by atoms with Crippen LogP contribution in [0.1, 0.15) is 33.9 Å². The number of hydrogen-bond donors (Lipinski definition) is 1. The highest BCUT2D eigenvalue weighted by atomic mass is 79.9. The predicted molar refractivity (Wildman–Crippen MR) is 80.8 cm³/mol. The van der Waals surface area contributed by atoms with E-state index in [1.54, 1.807) is 13.8 Å². The Labute approximate surface area is 121 Å². The van der Waals surface area contributed by atoms with E-state index < -0.39 is 0 Å². The average molecular weight is 322 g/mol. The fourth-order valence-electron chi connectivity index (χ4n) is 2.33. The molecule has 1 atom stereocenters. The van der Waals surface area contributed by atoms with Crippen molar-refractivity contribution in [2.24, 2.45) is 5.73 Å². The van der Waals surface area contributed by atoms with Gasteiger partial charge in [-0.15, -0.1) is 0 Å². The van der Waals surface area contributed by atoms with Crippen LogP contribution in [0.15, 0.2) is 34.8 Å². The lowest BCUT2D eigenvalue weighted by molar-refractivity contribution is 0.607. The van der Waals surface area contributed by atoms with E-state index in [4.69, 9.17) is 5.73 Å². The van der Waals surface area contributed by atoms with E-state index in [0.717, 1.165) is 21.2 Å². The first-order valence-corrected chi connectivity index (χ1v) is 6.97. The zero-order chi connectivity index (χ0) is 14.2. The van der Waals surface area contributed by atoms with Crippen molar-refractivity contribution in [2.75, 3.05) is 0 Å². The molecule has 0 aliphatic carbocycles. The molecule has 0 amide bonds. The van der Waals surface area contributed by atoms with Crippen LogP contribution in [0.25, 0.3) is 0 Å². The normalized spacial score (nSPS) is 12.5. The van der Waals surface area contributed by atoms with Crippen molar-refractivity contribution in [3.05, 3.63) is 68.4 Å². The van der Waals surface area contributed by atoms with E-state index in [1.165, 1.54) is 0 Å². The molecule has 3 heteroatoms. The van der Waals surface area contributed by atoms with Gasteiger partial charge in [-0.05, 0) is 60.7 Å². The van der Waals surface area contributed by atoms with Crippen molar-refractivity contribution in [1.29, 1.82) is 0 Å². The Morgan fingerprint density at radius 1 is 1.00 bits per heavy atom. The summed E-state index contributed by atoms with van der Waals surface area (Å²) in [5.74, 6) is -0.150. The van der Waals surface area contributed by atoms with Crippen LogP contribution >= 0.6 is 15.9 Å². The Hall–Kier alpha value is -1.19. The molecule has 2 aromatic rings. The molecule has 19 heavy (non-hydrogen) atoms.